The van der Waals surface area contributed by atoms with Crippen LogP contribution in [0, 0.1) is 0 Å². The molecule has 0 radical (unpaired) electrons. The summed E-state index contributed by atoms with van der Waals surface area (Å²) in [4.78, 5) is 14.2. The molecule has 2 heterocycles. The molecule has 0 bridgehead atoms. The number of hydrogen-bond acceptors (Lipinski definition) is 5. The summed E-state index contributed by atoms with van der Waals surface area (Å²) in [7, 11) is 0. The number of rotatable bonds is 5. The van der Waals surface area contributed by atoms with Gasteiger partial charge in [0.25, 0.3) is 0 Å². The molecule has 5 heteroatoms. The van der Waals surface area contributed by atoms with E-state index in [1.54, 1.807) is 0 Å². The van der Waals surface area contributed by atoms with Crippen molar-refractivity contribution in [2.75, 3.05) is 39.5 Å². The van der Waals surface area contributed by atoms with Crippen LogP contribution >= 0.6 is 0 Å². The summed E-state index contributed by atoms with van der Waals surface area (Å²) < 4.78 is 10.6. The molecule has 1 unspecified atom stereocenters. The fourth-order valence-corrected chi connectivity index (χ4v) is 2.36. The summed E-state index contributed by atoms with van der Waals surface area (Å²) >= 11 is 0. The molecule has 0 saturated carbocycles. The third-order valence-corrected chi connectivity index (χ3v) is 3.52. The van der Waals surface area contributed by atoms with Crippen LogP contribution in [-0.2, 0) is 14.3 Å². The summed E-state index contributed by atoms with van der Waals surface area (Å²) in [5.41, 5.74) is 1.25. The molecule has 5 nitrogen and oxygen atoms in total. The minimum Gasteiger partial charge on any atom is -0.464 e. The quantitative estimate of drug-likeness (QED) is 0.593. The van der Waals surface area contributed by atoms with Crippen LogP contribution in [0.5, 0.6) is 0 Å². The lowest BCUT2D eigenvalue weighted by molar-refractivity contribution is -0.145. The molecule has 108 valence electrons. The van der Waals surface area contributed by atoms with Crippen molar-refractivity contribution in [3.63, 3.8) is 0 Å². The average Bonchev–Trinajstić information content (AvgIpc) is 2.48. The first-order valence-electron chi connectivity index (χ1n) is 7.24. The van der Waals surface area contributed by atoms with E-state index in [9.17, 15) is 4.79 Å². The Kier molecular flexibility index (Phi) is 5.66. The molecule has 0 aliphatic carbocycles. The zero-order valence-corrected chi connectivity index (χ0v) is 11.7. The number of ether oxygens (including phenoxy) is 2. The summed E-state index contributed by atoms with van der Waals surface area (Å²) in [5, 5.41) is 3.21. The van der Waals surface area contributed by atoms with Gasteiger partial charge in [-0.05, 0) is 18.9 Å². The van der Waals surface area contributed by atoms with Crippen LogP contribution in [0.4, 0.5) is 0 Å². The normalized spacial score (nSPS) is 23.9. The van der Waals surface area contributed by atoms with Gasteiger partial charge in [0.1, 0.15) is 6.04 Å². The molecule has 0 spiro atoms. The monoisotopic (exact) mass is 268 g/mol. The molecule has 1 saturated heterocycles. The Labute approximate surface area is 114 Å². The largest absolute Gasteiger partial charge is 0.464 e. The van der Waals surface area contributed by atoms with E-state index in [4.69, 9.17) is 9.47 Å². The second kappa shape index (κ2) is 7.50. The predicted molar refractivity (Wildman–Crippen MR) is 72.7 cm³/mol. The first kappa shape index (κ1) is 14.3. The number of carbonyl (C=O) groups excluding carboxylic acids is 1. The van der Waals surface area contributed by atoms with Gasteiger partial charge in [0.2, 0.25) is 0 Å². The molecule has 1 fully saturated rings. The molecule has 0 aromatic rings. The van der Waals surface area contributed by atoms with Crippen molar-refractivity contribution in [2.24, 2.45) is 0 Å². The van der Waals surface area contributed by atoms with Gasteiger partial charge in [-0.3, -0.25) is 4.79 Å². The highest BCUT2D eigenvalue weighted by Gasteiger charge is 2.24. The SMILES string of the molecule is CCCCOC(=O)C1C=C(N2CCOCC2)CCN1. The number of morpholine rings is 1. The molecular formula is C14H24N2O3. The predicted octanol–water partition coefficient (Wildman–Crippen LogP) is 0.908. The highest BCUT2D eigenvalue weighted by molar-refractivity contribution is 5.78. The third-order valence-electron chi connectivity index (χ3n) is 3.52. The van der Waals surface area contributed by atoms with Gasteiger partial charge < -0.3 is 19.7 Å². The lowest BCUT2D eigenvalue weighted by atomic mass is 10.1. The van der Waals surface area contributed by atoms with Gasteiger partial charge in [-0.1, -0.05) is 13.3 Å². The van der Waals surface area contributed by atoms with Gasteiger partial charge >= 0.3 is 5.97 Å². The molecule has 2 aliphatic rings. The van der Waals surface area contributed by atoms with E-state index in [1.165, 1.54) is 5.70 Å². The molecule has 1 N–H and O–H groups in total. The molecule has 2 rings (SSSR count). The fraction of sp³-hybridized carbons (Fsp3) is 0.786. The third kappa shape index (κ3) is 4.21. The number of unbranched alkanes of at least 4 members (excludes halogenated alkanes) is 1. The standard InChI is InChI=1S/C14H24N2O3/c1-2-3-8-19-14(17)13-11-12(4-5-15-13)16-6-9-18-10-7-16/h11,13,15H,2-10H2,1H3. The van der Waals surface area contributed by atoms with Crippen molar-refractivity contribution in [1.82, 2.24) is 10.2 Å². The lowest BCUT2D eigenvalue weighted by Gasteiger charge is -2.34. The summed E-state index contributed by atoms with van der Waals surface area (Å²) in [6.07, 6.45) is 4.96. The van der Waals surface area contributed by atoms with Gasteiger partial charge in [0.15, 0.2) is 0 Å². The van der Waals surface area contributed by atoms with E-state index in [2.05, 4.69) is 17.1 Å². The minimum absolute atomic E-state index is 0.154. The molecule has 2 aliphatic heterocycles. The number of hydrogen-bond donors (Lipinski definition) is 1. The van der Waals surface area contributed by atoms with Crippen molar-refractivity contribution in [2.45, 2.75) is 32.2 Å². The van der Waals surface area contributed by atoms with Crippen LogP contribution in [0.2, 0.25) is 0 Å². The van der Waals surface area contributed by atoms with E-state index in [0.717, 1.165) is 52.1 Å². The first-order chi connectivity index (χ1) is 9.31. The lowest BCUT2D eigenvalue weighted by Crippen LogP contribution is -2.44. The second-order valence-corrected chi connectivity index (χ2v) is 4.96. The van der Waals surface area contributed by atoms with E-state index in [0.29, 0.717) is 6.61 Å². The number of carbonyl (C=O) groups is 1. The molecule has 0 aromatic carbocycles. The van der Waals surface area contributed by atoms with Gasteiger partial charge in [0.05, 0.1) is 19.8 Å². The van der Waals surface area contributed by atoms with Crippen LogP contribution < -0.4 is 5.32 Å². The Balaban J connectivity index is 1.88. The highest BCUT2D eigenvalue weighted by Crippen LogP contribution is 2.16. The first-order valence-corrected chi connectivity index (χ1v) is 7.24. The maximum atomic E-state index is 11.9. The van der Waals surface area contributed by atoms with Crippen LogP contribution in [0.25, 0.3) is 0 Å². The van der Waals surface area contributed by atoms with Crippen LogP contribution in [-0.4, -0.2) is 56.4 Å². The summed E-state index contributed by atoms with van der Waals surface area (Å²) in [6, 6.07) is -0.288. The average molecular weight is 268 g/mol. The Morgan fingerprint density at radius 1 is 1.53 bits per heavy atom. The van der Waals surface area contributed by atoms with E-state index in [1.807, 2.05) is 6.08 Å². The van der Waals surface area contributed by atoms with E-state index in [-0.39, 0.29) is 12.0 Å². The number of esters is 1. The highest BCUT2D eigenvalue weighted by atomic mass is 16.5. The Morgan fingerprint density at radius 3 is 3.05 bits per heavy atom. The van der Waals surface area contributed by atoms with Gasteiger partial charge in [-0.25, -0.2) is 0 Å². The number of nitrogens with one attached hydrogen (secondary N) is 1. The van der Waals surface area contributed by atoms with Crippen molar-refractivity contribution in [1.29, 1.82) is 0 Å². The van der Waals surface area contributed by atoms with Crippen molar-refractivity contribution >= 4 is 5.97 Å². The zero-order valence-electron chi connectivity index (χ0n) is 11.7. The smallest absolute Gasteiger partial charge is 0.327 e. The molecule has 1 atom stereocenters. The number of nitrogens with zero attached hydrogens (tertiary/aromatic N) is 1. The fourth-order valence-electron chi connectivity index (χ4n) is 2.36. The summed E-state index contributed by atoms with van der Waals surface area (Å²) in [5.74, 6) is -0.154. The minimum atomic E-state index is -0.288. The topological polar surface area (TPSA) is 50.8 Å². The Morgan fingerprint density at radius 2 is 2.32 bits per heavy atom. The van der Waals surface area contributed by atoms with Crippen LogP contribution in [0.3, 0.4) is 0 Å². The Bertz CT molecular complexity index is 325. The van der Waals surface area contributed by atoms with Gasteiger partial charge in [0, 0.05) is 25.3 Å². The van der Waals surface area contributed by atoms with Crippen molar-refractivity contribution < 1.29 is 14.3 Å². The maximum Gasteiger partial charge on any atom is 0.327 e. The van der Waals surface area contributed by atoms with E-state index >= 15 is 0 Å². The molecule has 0 aromatic heterocycles. The molecular weight excluding hydrogens is 244 g/mol. The van der Waals surface area contributed by atoms with E-state index < -0.39 is 0 Å². The Hall–Kier alpha value is -1.07. The zero-order chi connectivity index (χ0) is 13.5. The summed E-state index contributed by atoms with van der Waals surface area (Å²) in [6.45, 7) is 6.83. The van der Waals surface area contributed by atoms with Gasteiger partial charge in [-0.15, -0.1) is 0 Å². The van der Waals surface area contributed by atoms with Crippen LogP contribution in [0.1, 0.15) is 26.2 Å². The molecule has 0 amide bonds. The molecule has 19 heavy (non-hydrogen) atoms. The van der Waals surface area contributed by atoms with Crippen molar-refractivity contribution in [3.8, 4) is 0 Å². The second-order valence-electron chi connectivity index (χ2n) is 4.96. The maximum absolute atomic E-state index is 11.9. The van der Waals surface area contributed by atoms with Gasteiger partial charge in [-0.2, -0.15) is 0 Å². The van der Waals surface area contributed by atoms with Crippen LogP contribution in [0.15, 0.2) is 11.8 Å². The van der Waals surface area contributed by atoms with Crippen molar-refractivity contribution in [3.05, 3.63) is 11.8 Å².